The van der Waals surface area contributed by atoms with Gasteiger partial charge in [-0.15, -0.1) is 11.3 Å². The van der Waals surface area contributed by atoms with E-state index in [9.17, 15) is 14.0 Å². The Balaban J connectivity index is 1.82. The summed E-state index contributed by atoms with van der Waals surface area (Å²) in [5.41, 5.74) is 1.51. The van der Waals surface area contributed by atoms with Crippen LogP contribution in [0.1, 0.15) is 38.3 Å². The van der Waals surface area contributed by atoms with Crippen molar-refractivity contribution in [2.24, 2.45) is 0 Å². The highest BCUT2D eigenvalue weighted by atomic mass is 79.9. The predicted octanol–water partition coefficient (Wildman–Crippen LogP) is 5.52. The number of nitrogens with zero attached hydrogens (tertiary/aromatic N) is 2. The summed E-state index contributed by atoms with van der Waals surface area (Å²) in [5, 5.41) is 0.598. The number of carbonyl (C=O) groups is 1. The molecule has 0 spiro atoms. The van der Waals surface area contributed by atoms with E-state index in [1.807, 2.05) is 38.1 Å². The van der Waals surface area contributed by atoms with Crippen molar-refractivity contribution < 1.29 is 13.6 Å². The molecule has 1 amide bonds. The van der Waals surface area contributed by atoms with Gasteiger partial charge >= 0.3 is 0 Å². The summed E-state index contributed by atoms with van der Waals surface area (Å²) in [7, 11) is 0. The van der Waals surface area contributed by atoms with Crippen molar-refractivity contribution in [3.8, 4) is 0 Å². The van der Waals surface area contributed by atoms with Crippen LogP contribution in [0.15, 0.2) is 56.1 Å². The van der Waals surface area contributed by atoms with Crippen molar-refractivity contribution in [1.82, 2.24) is 4.98 Å². The highest BCUT2D eigenvalue weighted by Crippen LogP contribution is 2.43. The van der Waals surface area contributed by atoms with Crippen LogP contribution in [0.4, 0.5) is 9.52 Å². The average molecular weight is 485 g/mol. The molecule has 0 saturated heterocycles. The first kappa shape index (κ1) is 19.1. The quantitative estimate of drug-likeness (QED) is 0.375. The van der Waals surface area contributed by atoms with Crippen molar-refractivity contribution >= 4 is 49.3 Å². The molecule has 2 aromatic heterocycles. The Morgan fingerprint density at radius 2 is 1.87 bits per heavy atom. The highest BCUT2D eigenvalue weighted by molar-refractivity contribution is 9.10. The lowest BCUT2D eigenvalue weighted by atomic mass is 9.99. The zero-order valence-corrected chi connectivity index (χ0v) is 18.3. The van der Waals surface area contributed by atoms with Crippen LogP contribution >= 0.6 is 27.3 Å². The zero-order chi connectivity index (χ0) is 21.2. The number of anilines is 1. The Hall–Kier alpha value is -2.84. The summed E-state index contributed by atoms with van der Waals surface area (Å²) < 4.78 is 20.5. The van der Waals surface area contributed by atoms with Gasteiger partial charge in [-0.3, -0.25) is 14.5 Å². The monoisotopic (exact) mass is 484 g/mol. The molecule has 1 aliphatic heterocycles. The van der Waals surface area contributed by atoms with Crippen LogP contribution in [-0.4, -0.2) is 10.9 Å². The Morgan fingerprint density at radius 1 is 1.13 bits per heavy atom. The minimum atomic E-state index is -0.713. The van der Waals surface area contributed by atoms with Crippen molar-refractivity contribution in [3.05, 3.63) is 90.4 Å². The molecular formula is C22H14BrFN2O3S. The van der Waals surface area contributed by atoms with E-state index in [1.165, 1.54) is 28.4 Å². The van der Waals surface area contributed by atoms with Gasteiger partial charge in [0, 0.05) is 9.35 Å². The molecule has 30 heavy (non-hydrogen) atoms. The molecule has 4 aromatic rings. The minimum absolute atomic E-state index is 0.0301. The lowest BCUT2D eigenvalue weighted by molar-refractivity contribution is 0.0971. The zero-order valence-electron chi connectivity index (χ0n) is 15.9. The third kappa shape index (κ3) is 2.82. The summed E-state index contributed by atoms with van der Waals surface area (Å²) in [4.78, 5) is 33.8. The van der Waals surface area contributed by atoms with E-state index in [0.717, 1.165) is 26.7 Å². The molecule has 1 atom stereocenters. The number of hydrogen-bond donors (Lipinski definition) is 0. The van der Waals surface area contributed by atoms with Gasteiger partial charge < -0.3 is 4.42 Å². The van der Waals surface area contributed by atoms with E-state index in [-0.39, 0.29) is 22.3 Å². The Bertz CT molecular complexity index is 1370. The summed E-state index contributed by atoms with van der Waals surface area (Å²) in [5.74, 6) is -1.00. The van der Waals surface area contributed by atoms with E-state index < -0.39 is 23.2 Å². The number of fused-ring (bicyclic) bond motifs is 2. The maximum Gasteiger partial charge on any atom is 0.297 e. The summed E-state index contributed by atoms with van der Waals surface area (Å²) in [6.45, 7) is 3.80. The van der Waals surface area contributed by atoms with Gasteiger partial charge in [0.25, 0.3) is 5.91 Å². The standard InChI is InChI=1S/C22H14BrFN2O3S/c1-10-11(2)30-22(25-10)26-18(12-3-5-13(23)6-4-12)17-19(27)15-9-14(24)7-8-16(15)29-20(17)21(26)28/h3-9,18H,1-2H3. The number of aromatic nitrogens is 1. The van der Waals surface area contributed by atoms with Crippen molar-refractivity contribution in [2.45, 2.75) is 19.9 Å². The van der Waals surface area contributed by atoms with E-state index >= 15 is 0 Å². The van der Waals surface area contributed by atoms with Crippen molar-refractivity contribution in [1.29, 1.82) is 0 Å². The number of benzene rings is 2. The molecule has 0 radical (unpaired) electrons. The van der Waals surface area contributed by atoms with Gasteiger partial charge in [-0.25, -0.2) is 9.37 Å². The van der Waals surface area contributed by atoms with Crippen LogP contribution in [0.5, 0.6) is 0 Å². The molecule has 5 nitrogen and oxygen atoms in total. The molecule has 3 heterocycles. The second-order valence-corrected chi connectivity index (χ2v) is 9.18. The highest BCUT2D eigenvalue weighted by Gasteiger charge is 2.45. The van der Waals surface area contributed by atoms with E-state index in [0.29, 0.717) is 5.13 Å². The maximum absolute atomic E-state index is 13.8. The smallest absolute Gasteiger partial charge is 0.297 e. The molecule has 150 valence electrons. The van der Waals surface area contributed by atoms with Gasteiger partial charge in [0.05, 0.1) is 22.7 Å². The number of hydrogen-bond acceptors (Lipinski definition) is 5. The van der Waals surface area contributed by atoms with Gasteiger partial charge in [-0.2, -0.15) is 0 Å². The van der Waals surface area contributed by atoms with Crippen LogP contribution in [0.3, 0.4) is 0 Å². The van der Waals surface area contributed by atoms with Crippen LogP contribution in [0.2, 0.25) is 0 Å². The Labute approximate surface area is 182 Å². The fraction of sp³-hybridized carbons (Fsp3) is 0.136. The number of aryl methyl sites for hydroxylation is 2. The van der Waals surface area contributed by atoms with Gasteiger partial charge in [-0.05, 0) is 49.7 Å². The molecule has 0 saturated carbocycles. The van der Waals surface area contributed by atoms with Crippen LogP contribution in [0.25, 0.3) is 11.0 Å². The molecule has 8 heteroatoms. The second-order valence-electron chi connectivity index (χ2n) is 7.08. The van der Waals surface area contributed by atoms with Crippen LogP contribution in [-0.2, 0) is 0 Å². The summed E-state index contributed by atoms with van der Waals surface area (Å²) in [6, 6.07) is 10.4. The third-order valence-corrected chi connectivity index (χ3v) is 6.84. The first-order chi connectivity index (χ1) is 14.3. The van der Waals surface area contributed by atoms with Gasteiger partial charge in [0.2, 0.25) is 5.76 Å². The Morgan fingerprint density at radius 3 is 2.53 bits per heavy atom. The molecular weight excluding hydrogens is 471 g/mol. The van der Waals surface area contributed by atoms with Gasteiger partial charge in [0.15, 0.2) is 10.6 Å². The lowest BCUT2D eigenvalue weighted by Crippen LogP contribution is -2.29. The number of thiazole rings is 1. The average Bonchev–Trinajstić information content (AvgIpc) is 3.20. The summed E-state index contributed by atoms with van der Waals surface area (Å²) >= 11 is 4.79. The number of halogens is 2. The van der Waals surface area contributed by atoms with Gasteiger partial charge in [-0.1, -0.05) is 28.1 Å². The van der Waals surface area contributed by atoms with Crippen molar-refractivity contribution in [2.75, 3.05) is 4.90 Å². The predicted molar refractivity (Wildman–Crippen MR) is 117 cm³/mol. The van der Waals surface area contributed by atoms with E-state index in [2.05, 4.69) is 20.9 Å². The Kier molecular flexibility index (Phi) is 4.37. The third-order valence-electron chi connectivity index (χ3n) is 5.24. The molecule has 0 fully saturated rings. The molecule has 5 rings (SSSR count). The number of rotatable bonds is 2. The fourth-order valence-corrected chi connectivity index (χ4v) is 4.86. The van der Waals surface area contributed by atoms with E-state index in [4.69, 9.17) is 4.42 Å². The second kappa shape index (κ2) is 6.85. The minimum Gasteiger partial charge on any atom is -0.450 e. The first-order valence-corrected chi connectivity index (χ1v) is 10.8. The molecule has 0 bridgehead atoms. The largest absolute Gasteiger partial charge is 0.450 e. The van der Waals surface area contributed by atoms with Gasteiger partial charge in [0.1, 0.15) is 11.4 Å². The molecule has 1 unspecified atom stereocenters. The van der Waals surface area contributed by atoms with Crippen molar-refractivity contribution in [3.63, 3.8) is 0 Å². The van der Waals surface area contributed by atoms with Crippen LogP contribution < -0.4 is 10.3 Å². The SMILES string of the molecule is Cc1nc(N2C(=O)c3oc4ccc(F)cc4c(=O)c3C2c2ccc(Br)cc2)sc1C. The summed E-state index contributed by atoms with van der Waals surface area (Å²) in [6.07, 6.45) is 0. The number of carbonyl (C=O) groups excluding carboxylic acids is 1. The molecule has 0 N–H and O–H groups in total. The first-order valence-electron chi connectivity index (χ1n) is 9.14. The molecule has 0 aliphatic carbocycles. The van der Waals surface area contributed by atoms with Crippen LogP contribution in [0, 0.1) is 19.7 Å². The maximum atomic E-state index is 13.8. The normalized spacial score (nSPS) is 15.8. The topological polar surface area (TPSA) is 63.4 Å². The molecule has 1 aliphatic rings. The molecule has 2 aromatic carbocycles. The lowest BCUT2D eigenvalue weighted by Gasteiger charge is -2.22. The van der Waals surface area contributed by atoms with E-state index in [1.54, 1.807) is 0 Å². The fourth-order valence-electron chi connectivity index (χ4n) is 3.66. The number of amides is 1.